The topological polar surface area (TPSA) is 66.6 Å². The summed E-state index contributed by atoms with van der Waals surface area (Å²) in [4.78, 5) is 18.9. The number of aliphatic hydroxyl groups is 1. The number of nitrogens with zero attached hydrogens (tertiary/aromatic N) is 2. The summed E-state index contributed by atoms with van der Waals surface area (Å²) in [6.07, 6.45) is 6.17. The predicted octanol–water partition coefficient (Wildman–Crippen LogP) is 7.38. The van der Waals surface area contributed by atoms with E-state index in [1.54, 1.807) is 0 Å². The Morgan fingerprint density at radius 1 is 0.929 bits per heavy atom. The number of carbonyl (C=O) groups is 1. The van der Waals surface area contributed by atoms with Crippen molar-refractivity contribution in [3.05, 3.63) is 118 Å². The highest BCUT2D eigenvalue weighted by Gasteiger charge is 2.33. The maximum absolute atomic E-state index is 13.8. The van der Waals surface area contributed by atoms with Gasteiger partial charge < -0.3 is 10.4 Å². The third-order valence-electron chi connectivity index (χ3n) is 9.36. The minimum atomic E-state index is -0.411. The summed E-state index contributed by atoms with van der Waals surface area (Å²) >= 11 is 0. The van der Waals surface area contributed by atoms with E-state index in [1.807, 2.05) is 30.3 Å². The summed E-state index contributed by atoms with van der Waals surface area (Å²) in [5.41, 5.74) is 10.3. The van der Waals surface area contributed by atoms with Crippen molar-refractivity contribution in [1.82, 2.24) is 14.7 Å². The van der Waals surface area contributed by atoms with Crippen LogP contribution in [0, 0.1) is 19.8 Å². The zero-order valence-corrected chi connectivity index (χ0v) is 24.9. The van der Waals surface area contributed by atoms with Gasteiger partial charge in [0.25, 0.3) is 0 Å². The number of nitrogens with one attached hydrogen (secondary N) is 1. The Labute approximate surface area is 248 Å². The second-order valence-electron chi connectivity index (χ2n) is 11.9. The monoisotopic (exact) mass is 559 g/mol. The Kier molecular flexibility index (Phi) is 8.12. The molecule has 42 heavy (non-hydrogen) atoms. The predicted molar refractivity (Wildman–Crippen MR) is 170 cm³/mol. The quantitative estimate of drug-likeness (QED) is 0.198. The second-order valence-corrected chi connectivity index (χ2v) is 11.9. The van der Waals surface area contributed by atoms with Crippen molar-refractivity contribution >= 4 is 22.5 Å². The van der Waals surface area contributed by atoms with E-state index in [0.29, 0.717) is 5.92 Å². The Hall–Kier alpha value is -3.96. The first kappa shape index (κ1) is 28.2. The Morgan fingerprint density at radius 2 is 1.62 bits per heavy atom. The van der Waals surface area contributed by atoms with Gasteiger partial charge in [0.15, 0.2) is 0 Å². The summed E-state index contributed by atoms with van der Waals surface area (Å²) in [6, 6.07) is 26.6. The zero-order valence-electron chi connectivity index (χ0n) is 24.9. The van der Waals surface area contributed by atoms with Crippen molar-refractivity contribution < 1.29 is 9.90 Å². The molecule has 2 atom stereocenters. The first-order valence-electron chi connectivity index (χ1n) is 15.4. The van der Waals surface area contributed by atoms with Gasteiger partial charge in [0.05, 0.1) is 24.1 Å². The van der Waals surface area contributed by atoms with E-state index < -0.39 is 6.04 Å². The van der Waals surface area contributed by atoms with Gasteiger partial charge in [-0.3, -0.25) is 9.20 Å². The van der Waals surface area contributed by atoms with Gasteiger partial charge in [-0.2, -0.15) is 0 Å². The summed E-state index contributed by atoms with van der Waals surface area (Å²) in [5, 5.41) is 14.5. The smallest absolute Gasteiger partial charge is 0.228 e. The number of hydrogen-bond donors (Lipinski definition) is 2. The van der Waals surface area contributed by atoms with E-state index in [4.69, 9.17) is 4.98 Å². The molecule has 1 aliphatic carbocycles. The molecule has 2 N–H and O–H groups in total. The molecule has 1 amide bonds. The minimum absolute atomic E-state index is 0.00357. The van der Waals surface area contributed by atoms with E-state index in [9.17, 15) is 9.90 Å². The van der Waals surface area contributed by atoms with E-state index >= 15 is 0 Å². The number of aryl methyl sites for hydroxylation is 2. The molecule has 1 unspecified atom stereocenters. The SMILES string of the molecule is CCc1c(C)nc2c(Cc3ccc(C(C(=O)N[C@@H](CO)c4ccccc4)C4CCCC4)cc3)c3ccccc3n2c1C. The van der Waals surface area contributed by atoms with Crippen molar-refractivity contribution in [3.8, 4) is 0 Å². The van der Waals surface area contributed by atoms with Crippen molar-refractivity contribution in [2.24, 2.45) is 5.92 Å². The first-order valence-corrected chi connectivity index (χ1v) is 15.4. The molecule has 3 aromatic carbocycles. The van der Waals surface area contributed by atoms with Gasteiger partial charge in [-0.05, 0) is 67.3 Å². The van der Waals surface area contributed by atoms with Crippen molar-refractivity contribution in [2.45, 2.75) is 71.3 Å². The van der Waals surface area contributed by atoms with E-state index in [1.165, 1.54) is 33.3 Å². The van der Waals surface area contributed by atoms with Gasteiger partial charge in [0.2, 0.25) is 5.91 Å². The minimum Gasteiger partial charge on any atom is -0.394 e. The third-order valence-corrected chi connectivity index (χ3v) is 9.36. The lowest BCUT2D eigenvalue weighted by atomic mass is 9.83. The number of benzene rings is 3. The lowest BCUT2D eigenvalue weighted by Gasteiger charge is -2.26. The number of aliphatic hydroxyl groups excluding tert-OH is 1. The molecule has 5 nitrogen and oxygen atoms in total. The first-order chi connectivity index (χ1) is 20.5. The van der Waals surface area contributed by atoms with Crippen LogP contribution in [-0.4, -0.2) is 27.0 Å². The lowest BCUT2D eigenvalue weighted by Crippen LogP contribution is -2.37. The lowest BCUT2D eigenvalue weighted by molar-refractivity contribution is -0.124. The maximum atomic E-state index is 13.8. The number of para-hydroxylation sites is 1. The van der Waals surface area contributed by atoms with Crippen LogP contribution in [0.5, 0.6) is 0 Å². The molecule has 0 radical (unpaired) electrons. The number of hydrogen-bond acceptors (Lipinski definition) is 3. The van der Waals surface area contributed by atoms with Gasteiger partial charge in [-0.1, -0.05) is 92.6 Å². The van der Waals surface area contributed by atoms with Crippen LogP contribution < -0.4 is 5.32 Å². The molecule has 2 aromatic heterocycles. The van der Waals surface area contributed by atoms with Crippen LogP contribution in [0.25, 0.3) is 16.6 Å². The highest BCUT2D eigenvalue weighted by Crippen LogP contribution is 2.38. The summed E-state index contributed by atoms with van der Waals surface area (Å²) in [6.45, 7) is 6.40. The molecular weight excluding hydrogens is 518 g/mol. The van der Waals surface area contributed by atoms with E-state index in [2.05, 4.69) is 79.0 Å². The molecule has 1 aliphatic rings. The summed E-state index contributed by atoms with van der Waals surface area (Å²) in [7, 11) is 0. The van der Waals surface area contributed by atoms with Gasteiger partial charge in [-0.25, -0.2) is 4.98 Å². The maximum Gasteiger partial charge on any atom is 0.228 e. The number of carbonyl (C=O) groups excluding carboxylic acids is 1. The van der Waals surface area contributed by atoms with Gasteiger partial charge in [-0.15, -0.1) is 0 Å². The van der Waals surface area contributed by atoms with Gasteiger partial charge in [0, 0.05) is 28.8 Å². The molecular formula is C37H41N3O2. The second kappa shape index (κ2) is 12.1. The molecule has 0 aliphatic heterocycles. The molecule has 0 spiro atoms. The molecule has 6 rings (SSSR count). The number of amides is 1. The van der Waals surface area contributed by atoms with Crippen LogP contribution in [0.15, 0.2) is 78.9 Å². The largest absolute Gasteiger partial charge is 0.394 e. The Balaban J connectivity index is 1.32. The Bertz CT molecular complexity index is 1700. The van der Waals surface area contributed by atoms with Crippen LogP contribution in [0.4, 0.5) is 0 Å². The molecule has 5 heteroatoms. The normalized spacial score (nSPS) is 15.3. The van der Waals surface area contributed by atoms with Crippen LogP contribution >= 0.6 is 0 Å². The molecule has 0 saturated heterocycles. The summed E-state index contributed by atoms with van der Waals surface area (Å²) < 4.78 is 2.33. The average molecular weight is 560 g/mol. The van der Waals surface area contributed by atoms with E-state index in [-0.39, 0.29) is 18.4 Å². The molecule has 5 aromatic rings. The molecule has 0 bridgehead atoms. The standard InChI is InChI=1S/C37H41N3O2/c1-4-30-24(2)38-36-32(31-16-10-11-17-34(31)40(36)25(30)3)22-26-18-20-29(21-19-26)35(28-14-8-9-15-28)37(42)39-33(23-41)27-12-6-5-7-13-27/h5-7,10-13,16-21,28,33,35,41H,4,8-9,14-15,22-23H2,1-3H3,(H,39,42)/t33-,35?/m0/s1. The number of aromatic nitrogens is 2. The summed E-state index contributed by atoms with van der Waals surface area (Å²) in [5.74, 6) is 0.0898. The van der Waals surface area contributed by atoms with Crippen molar-refractivity contribution in [1.29, 1.82) is 0 Å². The fraction of sp³-hybridized carbons (Fsp3) is 0.351. The van der Waals surface area contributed by atoms with Gasteiger partial charge in [0.1, 0.15) is 5.65 Å². The molecule has 2 heterocycles. The molecule has 1 fully saturated rings. The average Bonchev–Trinajstić information content (AvgIpc) is 3.64. The van der Waals surface area contributed by atoms with Crippen LogP contribution in [0.3, 0.4) is 0 Å². The van der Waals surface area contributed by atoms with Crippen LogP contribution in [0.1, 0.15) is 83.8 Å². The van der Waals surface area contributed by atoms with Gasteiger partial charge >= 0.3 is 0 Å². The Morgan fingerprint density at radius 3 is 2.31 bits per heavy atom. The fourth-order valence-electron chi connectivity index (χ4n) is 7.22. The van der Waals surface area contributed by atoms with Crippen molar-refractivity contribution in [3.63, 3.8) is 0 Å². The molecule has 1 saturated carbocycles. The fourth-order valence-corrected chi connectivity index (χ4v) is 7.22. The third kappa shape index (κ3) is 5.22. The zero-order chi connectivity index (χ0) is 29.2. The highest BCUT2D eigenvalue weighted by atomic mass is 16.3. The van der Waals surface area contributed by atoms with E-state index in [0.717, 1.165) is 61.0 Å². The number of fused-ring (bicyclic) bond motifs is 3. The number of rotatable bonds is 9. The van der Waals surface area contributed by atoms with Crippen LogP contribution in [0.2, 0.25) is 0 Å². The van der Waals surface area contributed by atoms with Crippen LogP contribution in [-0.2, 0) is 17.6 Å². The highest BCUT2D eigenvalue weighted by molar-refractivity contribution is 5.92. The van der Waals surface area contributed by atoms with Crippen molar-refractivity contribution in [2.75, 3.05) is 6.61 Å². The molecule has 216 valence electrons.